The van der Waals surface area contributed by atoms with Crippen molar-refractivity contribution in [1.82, 2.24) is 0 Å². The van der Waals surface area contributed by atoms with Gasteiger partial charge in [0.15, 0.2) is 0 Å². The Bertz CT molecular complexity index is 580. The fraction of sp³-hybridized carbons (Fsp3) is 0.294. The molecule has 0 aromatic heterocycles. The summed E-state index contributed by atoms with van der Waals surface area (Å²) >= 11 is 0. The summed E-state index contributed by atoms with van der Waals surface area (Å²) in [6.07, 6.45) is 0. The highest BCUT2D eigenvalue weighted by molar-refractivity contribution is 5.74. The standard InChI is InChI=1S/C17H22N2/c1-12-9-10-13(17(2,3)4)11-16(12)19-15-8-6-5-7-14(15)18/h5-11,19H,18H2,1-4H3. The van der Waals surface area contributed by atoms with E-state index in [4.69, 9.17) is 5.73 Å². The maximum atomic E-state index is 5.98. The van der Waals surface area contributed by atoms with E-state index in [0.717, 1.165) is 17.1 Å². The van der Waals surface area contributed by atoms with E-state index in [2.05, 4.69) is 51.2 Å². The van der Waals surface area contributed by atoms with Crippen LogP contribution in [0.15, 0.2) is 42.5 Å². The number of para-hydroxylation sites is 2. The van der Waals surface area contributed by atoms with Gasteiger partial charge < -0.3 is 11.1 Å². The first kappa shape index (κ1) is 13.5. The molecule has 0 bridgehead atoms. The number of nitrogens with two attached hydrogens (primary N) is 1. The molecule has 0 radical (unpaired) electrons. The van der Waals surface area contributed by atoms with Gasteiger partial charge in [-0.2, -0.15) is 0 Å². The minimum Gasteiger partial charge on any atom is -0.397 e. The van der Waals surface area contributed by atoms with Gasteiger partial charge in [0.1, 0.15) is 0 Å². The Kier molecular flexibility index (Phi) is 3.52. The molecule has 2 aromatic carbocycles. The van der Waals surface area contributed by atoms with Gasteiger partial charge in [-0.15, -0.1) is 0 Å². The van der Waals surface area contributed by atoms with Crippen LogP contribution in [0.2, 0.25) is 0 Å². The summed E-state index contributed by atoms with van der Waals surface area (Å²) in [5.74, 6) is 0. The van der Waals surface area contributed by atoms with E-state index >= 15 is 0 Å². The Morgan fingerprint density at radius 1 is 0.947 bits per heavy atom. The van der Waals surface area contributed by atoms with Crippen LogP contribution in [-0.2, 0) is 5.41 Å². The van der Waals surface area contributed by atoms with Crippen LogP contribution in [0.1, 0.15) is 31.9 Å². The van der Waals surface area contributed by atoms with Crippen molar-refractivity contribution in [3.05, 3.63) is 53.6 Å². The lowest BCUT2D eigenvalue weighted by atomic mass is 9.86. The summed E-state index contributed by atoms with van der Waals surface area (Å²) in [6, 6.07) is 14.4. The van der Waals surface area contributed by atoms with Gasteiger partial charge in [0.2, 0.25) is 0 Å². The molecule has 0 aliphatic rings. The molecule has 2 aromatic rings. The minimum atomic E-state index is 0.145. The lowest BCUT2D eigenvalue weighted by Gasteiger charge is -2.21. The fourth-order valence-corrected chi connectivity index (χ4v) is 1.98. The fourth-order valence-electron chi connectivity index (χ4n) is 1.98. The number of aryl methyl sites for hydroxylation is 1. The molecule has 3 N–H and O–H groups in total. The Morgan fingerprint density at radius 3 is 2.26 bits per heavy atom. The van der Waals surface area contributed by atoms with Crippen LogP contribution in [0, 0.1) is 6.92 Å². The van der Waals surface area contributed by atoms with Crippen molar-refractivity contribution in [3.8, 4) is 0 Å². The van der Waals surface area contributed by atoms with Gasteiger partial charge in [0.05, 0.1) is 11.4 Å². The van der Waals surface area contributed by atoms with Crippen molar-refractivity contribution in [2.24, 2.45) is 0 Å². The molecule has 2 rings (SSSR count). The number of hydrogen-bond donors (Lipinski definition) is 2. The van der Waals surface area contributed by atoms with E-state index in [9.17, 15) is 0 Å². The first-order valence-corrected chi connectivity index (χ1v) is 6.60. The van der Waals surface area contributed by atoms with Gasteiger partial charge in [-0.05, 0) is 41.7 Å². The summed E-state index contributed by atoms with van der Waals surface area (Å²) in [4.78, 5) is 0. The average Bonchev–Trinajstić information content (AvgIpc) is 2.33. The second kappa shape index (κ2) is 4.96. The number of benzene rings is 2. The quantitative estimate of drug-likeness (QED) is 0.767. The third-order valence-electron chi connectivity index (χ3n) is 3.33. The van der Waals surface area contributed by atoms with Gasteiger partial charge in [-0.3, -0.25) is 0 Å². The van der Waals surface area contributed by atoms with Crippen LogP contribution >= 0.6 is 0 Å². The highest BCUT2D eigenvalue weighted by Crippen LogP contribution is 2.30. The number of rotatable bonds is 2. The zero-order valence-corrected chi connectivity index (χ0v) is 12.1. The first-order valence-electron chi connectivity index (χ1n) is 6.60. The summed E-state index contributed by atoms with van der Waals surface area (Å²) < 4.78 is 0. The summed E-state index contributed by atoms with van der Waals surface area (Å²) in [5.41, 5.74) is 11.5. The first-order chi connectivity index (χ1) is 8.88. The number of anilines is 3. The molecular formula is C17H22N2. The molecule has 0 atom stereocenters. The van der Waals surface area contributed by atoms with Crippen LogP contribution in [0.4, 0.5) is 17.1 Å². The normalized spacial score (nSPS) is 11.4. The van der Waals surface area contributed by atoms with Crippen molar-refractivity contribution in [3.63, 3.8) is 0 Å². The Labute approximate surface area is 115 Å². The number of nitrogens with one attached hydrogen (secondary N) is 1. The monoisotopic (exact) mass is 254 g/mol. The highest BCUT2D eigenvalue weighted by Gasteiger charge is 2.14. The van der Waals surface area contributed by atoms with Gasteiger partial charge in [-0.25, -0.2) is 0 Å². The molecule has 0 aliphatic carbocycles. The van der Waals surface area contributed by atoms with Crippen molar-refractivity contribution < 1.29 is 0 Å². The zero-order chi connectivity index (χ0) is 14.0. The van der Waals surface area contributed by atoms with Gasteiger partial charge >= 0.3 is 0 Å². The summed E-state index contributed by atoms with van der Waals surface area (Å²) in [7, 11) is 0. The van der Waals surface area contributed by atoms with Crippen LogP contribution in [0.25, 0.3) is 0 Å². The lowest BCUT2D eigenvalue weighted by molar-refractivity contribution is 0.590. The second-order valence-corrected chi connectivity index (χ2v) is 5.99. The maximum Gasteiger partial charge on any atom is 0.0617 e. The van der Waals surface area contributed by atoms with Crippen LogP contribution in [0.5, 0.6) is 0 Å². The molecule has 0 saturated carbocycles. The molecule has 0 amide bonds. The molecule has 0 spiro atoms. The van der Waals surface area contributed by atoms with Crippen LogP contribution < -0.4 is 11.1 Å². The average molecular weight is 254 g/mol. The minimum absolute atomic E-state index is 0.145. The van der Waals surface area contributed by atoms with Crippen LogP contribution in [0.3, 0.4) is 0 Å². The molecule has 0 fully saturated rings. The predicted molar refractivity (Wildman–Crippen MR) is 84.0 cm³/mol. The number of nitrogen functional groups attached to an aromatic ring is 1. The lowest BCUT2D eigenvalue weighted by Crippen LogP contribution is -2.11. The SMILES string of the molecule is Cc1ccc(C(C)(C)C)cc1Nc1ccccc1N. The zero-order valence-electron chi connectivity index (χ0n) is 12.1. The van der Waals surface area contributed by atoms with Gasteiger partial charge in [-0.1, -0.05) is 45.0 Å². The van der Waals surface area contributed by atoms with E-state index < -0.39 is 0 Å². The Hall–Kier alpha value is -1.96. The van der Waals surface area contributed by atoms with Crippen molar-refractivity contribution in [2.45, 2.75) is 33.1 Å². The van der Waals surface area contributed by atoms with Gasteiger partial charge in [0, 0.05) is 5.69 Å². The summed E-state index contributed by atoms with van der Waals surface area (Å²) in [6.45, 7) is 8.77. The van der Waals surface area contributed by atoms with Crippen molar-refractivity contribution >= 4 is 17.1 Å². The maximum absolute atomic E-state index is 5.98. The molecule has 19 heavy (non-hydrogen) atoms. The topological polar surface area (TPSA) is 38.0 Å². The third kappa shape index (κ3) is 3.08. The molecule has 2 nitrogen and oxygen atoms in total. The Balaban J connectivity index is 2.38. The molecular weight excluding hydrogens is 232 g/mol. The second-order valence-electron chi connectivity index (χ2n) is 5.99. The molecule has 0 aliphatic heterocycles. The largest absolute Gasteiger partial charge is 0.397 e. The van der Waals surface area contributed by atoms with Crippen LogP contribution in [-0.4, -0.2) is 0 Å². The number of hydrogen-bond acceptors (Lipinski definition) is 2. The Morgan fingerprint density at radius 2 is 1.63 bits per heavy atom. The van der Waals surface area contributed by atoms with E-state index in [1.807, 2.05) is 24.3 Å². The molecule has 100 valence electrons. The van der Waals surface area contributed by atoms with E-state index in [1.54, 1.807) is 0 Å². The van der Waals surface area contributed by atoms with E-state index in [1.165, 1.54) is 11.1 Å². The molecule has 0 saturated heterocycles. The van der Waals surface area contributed by atoms with Gasteiger partial charge in [0.25, 0.3) is 0 Å². The van der Waals surface area contributed by atoms with Crippen molar-refractivity contribution in [1.29, 1.82) is 0 Å². The molecule has 0 unspecified atom stereocenters. The molecule has 0 heterocycles. The predicted octanol–water partition coefficient (Wildman–Crippen LogP) is 4.62. The summed E-state index contributed by atoms with van der Waals surface area (Å²) in [5, 5.41) is 3.43. The van der Waals surface area contributed by atoms with E-state index in [-0.39, 0.29) is 5.41 Å². The highest BCUT2D eigenvalue weighted by atomic mass is 14.9. The molecule has 2 heteroatoms. The smallest absolute Gasteiger partial charge is 0.0617 e. The van der Waals surface area contributed by atoms with E-state index in [0.29, 0.717) is 0 Å². The third-order valence-corrected chi connectivity index (χ3v) is 3.33. The van der Waals surface area contributed by atoms with Crippen molar-refractivity contribution in [2.75, 3.05) is 11.1 Å².